The number of H-pyrrole nitrogens is 1. The van der Waals surface area contributed by atoms with Crippen LogP contribution in [0.15, 0.2) is 6.20 Å². The van der Waals surface area contributed by atoms with Gasteiger partial charge >= 0.3 is 0 Å². The lowest BCUT2D eigenvalue weighted by atomic mass is 10.0. The maximum Gasteiger partial charge on any atom is 0.224 e. The largest absolute Gasteiger partial charge is 0.352 e. The summed E-state index contributed by atoms with van der Waals surface area (Å²) in [6.45, 7) is 2.47. The van der Waals surface area contributed by atoms with Crippen molar-refractivity contribution >= 4 is 5.91 Å². The van der Waals surface area contributed by atoms with Crippen LogP contribution in [-0.2, 0) is 11.3 Å². The van der Waals surface area contributed by atoms with Gasteiger partial charge in [0.1, 0.15) is 0 Å². The van der Waals surface area contributed by atoms with Crippen LogP contribution >= 0.6 is 0 Å². The van der Waals surface area contributed by atoms with Crippen LogP contribution in [0, 0.1) is 12.8 Å². The predicted octanol–water partition coefficient (Wildman–Crippen LogP) is 0.462. The Kier molecular flexibility index (Phi) is 3.24. The van der Waals surface area contributed by atoms with E-state index in [2.05, 4.69) is 15.5 Å². The number of aryl methyl sites for hydroxylation is 1. The lowest BCUT2D eigenvalue weighted by Gasteiger charge is -2.14. The van der Waals surface area contributed by atoms with E-state index in [1.807, 2.05) is 6.92 Å². The van der Waals surface area contributed by atoms with Crippen LogP contribution in [0.4, 0.5) is 0 Å². The number of carbonyl (C=O) groups is 1. The van der Waals surface area contributed by atoms with Crippen LogP contribution in [0.25, 0.3) is 0 Å². The van der Waals surface area contributed by atoms with E-state index in [4.69, 9.17) is 5.73 Å². The molecule has 0 saturated heterocycles. The SMILES string of the molecule is Cc1[nH]ncc1CNC(=O)C1CCCC1N. The summed E-state index contributed by atoms with van der Waals surface area (Å²) in [7, 11) is 0. The molecule has 2 unspecified atom stereocenters. The molecule has 1 fully saturated rings. The zero-order chi connectivity index (χ0) is 11.5. The summed E-state index contributed by atoms with van der Waals surface area (Å²) < 4.78 is 0. The summed E-state index contributed by atoms with van der Waals surface area (Å²) in [5.74, 6) is 0.0674. The molecule has 16 heavy (non-hydrogen) atoms. The van der Waals surface area contributed by atoms with Crippen molar-refractivity contribution in [1.82, 2.24) is 15.5 Å². The van der Waals surface area contributed by atoms with Crippen molar-refractivity contribution in [2.45, 2.75) is 38.8 Å². The molecule has 1 saturated carbocycles. The van der Waals surface area contributed by atoms with Gasteiger partial charge in [-0.15, -0.1) is 0 Å². The Morgan fingerprint density at radius 1 is 1.69 bits per heavy atom. The molecule has 1 aromatic heterocycles. The third-order valence-electron chi connectivity index (χ3n) is 3.29. The maximum atomic E-state index is 11.8. The van der Waals surface area contributed by atoms with Crippen molar-refractivity contribution in [2.75, 3.05) is 0 Å². The Morgan fingerprint density at radius 2 is 2.50 bits per heavy atom. The van der Waals surface area contributed by atoms with Crippen molar-refractivity contribution in [2.24, 2.45) is 11.7 Å². The van der Waals surface area contributed by atoms with E-state index >= 15 is 0 Å². The van der Waals surface area contributed by atoms with Crippen LogP contribution in [0.2, 0.25) is 0 Å². The number of hydrogen-bond donors (Lipinski definition) is 3. The van der Waals surface area contributed by atoms with Gasteiger partial charge in [0.15, 0.2) is 0 Å². The number of rotatable bonds is 3. The van der Waals surface area contributed by atoms with Crippen molar-refractivity contribution in [1.29, 1.82) is 0 Å². The van der Waals surface area contributed by atoms with Crippen molar-refractivity contribution in [3.05, 3.63) is 17.5 Å². The fourth-order valence-corrected chi connectivity index (χ4v) is 2.18. The molecule has 5 nitrogen and oxygen atoms in total. The van der Waals surface area contributed by atoms with Gasteiger partial charge in [-0.1, -0.05) is 6.42 Å². The zero-order valence-corrected chi connectivity index (χ0v) is 9.49. The number of nitrogens with one attached hydrogen (secondary N) is 2. The standard InChI is InChI=1S/C11H18N4O/c1-7-8(6-14-15-7)5-13-11(16)9-3-2-4-10(9)12/h6,9-10H,2-5,12H2,1H3,(H,13,16)(H,14,15). The molecule has 5 heteroatoms. The van der Waals surface area contributed by atoms with Gasteiger partial charge in [0.2, 0.25) is 5.91 Å². The molecule has 4 N–H and O–H groups in total. The highest BCUT2D eigenvalue weighted by Gasteiger charge is 2.29. The number of nitrogens with zero attached hydrogens (tertiary/aromatic N) is 1. The fraction of sp³-hybridized carbons (Fsp3) is 0.636. The first-order valence-electron chi connectivity index (χ1n) is 5.70. The van der Waals surface area contributed by atoms with Gasteiger partial charge in [0.25, 0.3) is 0 Å². The van der Waals surface area contributed by atoms with Gasteiger partial charge in [-0.3, -0.25) is 9.89 Å². The lowest BCUT2D eigenvalue weighted by molar-refractivity contribution is -0.125. The second-order valence-electron chi connectivity index (χ2n) is 4.44. The average molecular weight is 222 g/mol. The Labute approximate surface area is 94.8 Å². The molecule has 0 aromatic carbocycles. The van der Waals surface area contributed by atoms with Gasteiger partial charge in [-0.05, 0) is 19.8 Å². The van der Waals surface area contributed by atoms with Crippen LogP contribution in [-0.4, -0.2) is 22.1 Å². The molecule has 0 aliphatic heterocycles. The molecule has 0 radical (unpaired) electrons. The normalized spacial score (nSPS) is 24.6. The maximum absolute atomic E-state index is 11.8. The highest BCUT2D eigenvalue weighted by atomic mass is 16.1. The first-order chi connectivity index (χ1) is 7.68. The Balaban J connectivity index is 1.86. The molecule has 1 aliphatic rings. The quantitative estimate of drug-likeness (QED) is 0.694. The van der Waals surface area contributed by atoms with Crippen LogP contribution in [0.3, 0.4) is 0 Å². The number of hydrogen-bond acceptors (Lipinski definition) is 3. The summed E-state index contributed by atoms with van der Waals surface area (Å²) >= 11 is 0. The van der Waals surface area contributed by atoms with E-state index in [0.717, 1.165) is 30.5 Å². The minimum absolute atomic E-state index is 0.00722. The highest BCUT2D eigenvalue weighted by molar-refractivity contribution is 5.79. The van der Waals surface area contributed by atoms with E-state index < -0.39 is 0 Å². The molecule has 88 valence electrons. The molecule has 2 atom stereocenters. The van der Waals surface area contributed by atoms with Gasteiger partial charge in [-0.25, -0.2) is 0 Å². The number of nitrogens with two attached hydrogens (primary N) is 1. The van der Waals surface area contributed by atoms with Crippen molar-refractivity contribution < 1.29 is 4.79 Å². The van der Waals surface area contributed by atoms with Crippen LogP contribution in [0.5, 0.6) is 0 Å². The molecule has 0 bridgehead atoms. The Hall–Kier alpha value is -1.36. The summed E-state index contributed by atoms with van der Waals surface area (Å²) in [5.41, 5.74) is 7.90. The summed E-state index contributed by atoms with van der Waals surface area (Å²) in [6, 6.07) is 0.0328. The smallest absolute Gasteiger partial charge is 0.224 e. The summed E-state index contributed by atoms with van der Waals surface area (Å²) in [4.78, 5) is 11.8. The van der Waals surface area contributed by atoms with Crippen LogP contribution in [0.1, 0.15) is 30.5 Å². The molecule has 1 aliphatic carbocycles. The van der Waals surface area contributed by atoms with Crippen molar-refractivity contribution in [3.63, 3.8) is 0 Å². The van der Waals surface area contributed by atoms with E-state index in [9.17, 15) is 4.79 Å². The summed E-state index contributed by atoms with van der Waals surface area (Å²) in [6.07, 6.45) is 4.67. The molecule has 1 amide bonds. The first-order valence-corrected chi connectivity index (χ1v) is 5.70. The number of aromatic nitrogens is 2. The number of amides is 1. The topological polar surface area (TPSA) is 83.8 Å². The zero-order valence-electron chi connectivity index (χ0n) is 9.49. The van der Waals surface area contributed by atoms with Gasteiger partial charge < -0.3 is 11.1 Å². The van der Waals surface area contributed by atoms with E-state index in [-0.39, 0.29) is 17.9 Å². The molecule has 0 spiro atoms. The van der Waals surface area contributed by atoms with E-state index in [0.29, 0.717) is 6.54 Å². The highest BCUT2D eigenvalue weighted by Crippen LogP contribution is 2.24. The van der Waals surface area contributed by atoms with Gasteiger partial charge in [0, 0.05) is 23.8 Å². The fourth-order valence-electron chi connectivity index (χ4n) is 2.18. The van der Waals surface area contributed by atoms with E-state index in [1.54, 1.807) is 6.20 Å². The number of carbonyl (C=O) groups excluding carboxylic acids is 1. The predicted molar refractivity (Wildman–Crippen MR) is 60.5 cm³/mol. The average Bonchev–Trinajstić information content (AvgIpc) is 2.84. The minimum atomic E-state index is -0.00722. The van der Waals surface area contributed by atoms with E-state index in [1.165, 1.54) is 0 Å². The minimum Gasteiger partial charge on any atom is -0.352 e. The second-order valence-corrected chi connectivity index (χ2v) is 4.44. The summed E-state index contributed by atoms with van der Waals surface area (Å²) in [5, 5.41) is 9.68. The third kappa shape index (κ3) is 2.24. The second kappa shape index (κ2) is 4.65. The van der Waals surface area contributed by atoms with Gasteiger partial charge in [-0.2, -0.15) is 5.10 Å². The van der Waals surface area contributed by atoms with Gasteiger partial charge in [0.05, 0.1) is 12.1 Å². The lowest BCUT2D eigenvalue weighted by Crippen LogP contribution is -2.38. The Bertz CT molecular complexity index is 374. The monoisotopic (exact) mass is 222 g/mol. The third-order valence-corrected chi connectivity index (χ3v) is 3.29. The number of aromatic amines is 1. The van der Waals surface area contributed by atoms with Crippen LogP contribution < -0.4 is 11.1 Å². The molecular weight excluding hydrogens is 204 g/mol. The molecule has 1 heterocycles. The molecule has 2 rings (SSSR count). The Morgan fingerprint density at radius 3 is 3.06 bits per heavy atom. The first kappa shape index (κ1) is 11.1. The molecular formula is C11H18N4O. The van der Waals surface area contributed by atoms with Crippen molar-refractivity contribution in [3.8, 4) is 0 Å². The molecule has 1 aromatic rings.